The number of hydrogen-bond acceptors (Lipinski definition) is 1. The van der Waals surface area contributed by atoms with Gasteiger partial charge in [0, 0.05) is 11.6 Å². The van der Waals surface area contributed by atoms with Crippen LogP contribution in [0.5, 0.6) is 0 Å². The number of rotatable bonds is 6. The fourth-order valence-electron chi connectivity index (χ4n) is 2.79. The van der Waals surface area contributed by atoms with Crippen molar-refractivity contribution in [1.29, 1.82) is 0 Å². The molecule has 1 aromatic rings. The van der Waals surface area contributed by atoms with E-state index in [1.165, 1.54) is 18.4 Å². The van der Waals surface area contributed by atoms with Gasteiger partial charge in [0.25, 0.3) is 0 Å². The molecule has 0 heterocycles. The predicted molar refractivity (Wildman–Crippen MR) is 90.7 cm³/mol. The lowest BCUT2D eigenvalue weighted by Gasteiger charge is -2.29. The number of hydrogen-bond donors (Lipinski definition) is 0. The molecule has 0 aliphatic heterocycles. The minimum atomic E-state index is -1.45. The van der Waals surface area contributed by atoms with Crippen molar-refractivity contribution in [1.82, 2.24) is 0 Å². The van der Waals surface area contributed by atoms with Crippen LogP contribution >= 0.6 is 33.8 Å². The molecule has 1 fully saturated rings. The van der Waals surface area contributed by atoms with Crippen molar-refractivity contribution in [3.63, 3.8) is 0 Å². The molecule has 0 atom stereocenters. The van der Waals surface area contributed by atoms with Crippen molar-refractivity contribution in [2.45, 2.75) is 50.2 Å². The van der Waals surface area contributed by atoms with Crippen molar-refractivity contribution in [3.05, 3.63) is 34.9 Å². The monoisotopic (exact) mass is 350 g/mol. The molecule has 5 heteroatoms. The minimum Gasteiger partial charge on any atom is -0.378 e. The fourth-order valence-corrected chi connectivity index (χ4v) is 4.31. The van der Waals surface area contributed by atoms with Crippen molar-refractivity contribution >= 4 is 41.2 Å². The highest BCUT2D eigenvalue weighted by atomic mass is 35.7. The van der Waals surface area contributed by atoms with Crippen LogP contribution in [0.4, 0.5) is 0 Å². The number of halogens is 3. The molecule has 1 aromatic carbocycles. The average molecular weight is 352 g/mol. The van der Waals surface area contributed by atoms with E-state index in [0.717, 1.165) is 36.9 Å². The van der Waals surface area contributed by atoms with Gasteiger partial charge in [0.05, 0.1) is 6.10 Å². The van der Waals surface area contributed by atoms with Crippen LogP contribution in [0.3, 0.4) is 0 Å². The van der Waals surface area contributed by atoms with E-state index < -0.39 is 7.42 Å². The van der Waals surface area contributed by atoms with Gasteiger partial charge in [-0.3, -0.25) is 0 Å². The Kier molecular flexibility index (Phi) is 7.19. The number of ether oxygens (including phenoxy) is 1. The topological polar surface area (TPSA) is 9.23 Å². The smallest absolute Gasteiger partial charge is 0.237 e. The maximum Gasteiger partial charge on any atom is 0.237 e. The van der Waals surface area contributed by atoms with Crippen LogP contribution in [0.25, 0.3) is 0 Å². The summed E-state index contributed by atoms with van der Waals surface area (Å²) < 4.78 is 5.92. The average Bonchev–Trinajstić information content (AvgIpc) is 2.45. The Labute approximate surface area is 137 Å². The number of benzene rings is 1. The molecule has 1 nitrogen and oxygen atoms in total. The van der Waals surface area contributed by atoms with Gasteiger partial charge < -0.3 is 4.74 Å². The van der Waals surface area contributed by atoms with E-state index in [4.69, 9.17) is 38.5 Å². The van der Waals surface area contributed by atoms with Gasteiger partial charge >= 0.3 is 0 Å². The predicted octanol–water partition coefficient (Wildman–Crippen LogP) is 5.47. The first kappa shape index (κ1) is 16.6. The van der Waals surface area contributed by atoms with Crippen LogP contribution in [0.1, 0.15) is 43.6 Å². The molecule has 0 bridgehead atoms. The zero-order valence-electron chi connectivity index (χ0n) is 11.5. The third-order valence-electron chi connectivity index (χ3n) is 3.94. The summed E-state index contributed by atoms with van der Waals surface area (Å²) in [5, 5.41) is 0.811. The van der Waals surface area contributed by atoms with Crippen LogP contribution in [-0.2, 0) is 4.74 Å². The molecule has 0 radical (unpaired) electrons. The molecule has 1 aliphatic rings. The van der Waals surface area contributed by atoms with E-state index in [9.17, 15) is 0 Å². The Morgan fingerprint density at radius 1 is 1.05 bits per heavy atom. The Balaban J connectivity index is 1.68. The Morgan fingerprint density at radius 2 is 1.70 bits per heavy atom. The summed E-state index contributed by atoms with van der Waals surface area (Å²) in [6.07, 6.45) is 6.13. The molecule has 112 valence electrons. The summed E-state index contributed by atoms with van der Waals surface area (Å²) in [6, 6.07) is 9.22. The van der Waals surface area contributed by atoms with E-state index in [1.807, 2.05) is 12.1 Å². The second-order valence-corrected chi connectivity index (χ2v) is 11.1. The van der Waals surface area contributed by atoms with Crippen LogP contribution in [0.2, 0.25) is 11.1 Å². The summed E-state index contributed by atoms with van der Waals surface area (Å²) in [7, 11) is -1.45. The van der Waals surface area contributed by atoms with Crippen LogP contribution in [0, 0.1) is 0 Å². The maximum absolute atomic E-state index is 5.93. The van der Waals surface area contributed by atoms with Crippen LogP contribution < -0.4 is 0 Å². The van der Waals surface area contributed by atoms with Gasteiger partial charge in [0.1, 0.15) is 0 Å². The zero-order chi connectivity index (χ0) is 14.4. The second kappa shape index (κ2) is 8.65. The Bertz CT molecular complexity index is 389. The SMILES string of the molecule is Clc1ccc([C@H]2CC[C@H](OCCC[SiH](Cl)Cl)CC2)cc1. The first-order chi connectivity index (χ1) is 9.65. The summed E-state index contributed by atoms with van der Waals surface area (Å²) in [6.45, 7) is 0.805. The molecule has 0 saturated heterocycles. The molecule has 1 aliphatic carbocycles. The highest BCUT2D eigenvalue weighted by Crippen LogP contribution is 2.34. The van der Waals surface area contributed by atoms with E-state index in [-0.39, 0.29) is 0 Å². The second-order valence-electron chi connectivity index (χ2n) is 5.43. The summed E-state index contributed by atoms with van der Waals surface area (Å²) in [5.74, 6) is 0.662. The molecule has 0 spiro atoms. The van der Waals surface area contributed by atoms with E-state index >= 15 is 0 Å². The van der Waals surface area contributed by atoms with Gasteiger partial charge in [-0.15, -0.1) is 0 Å². The summed E-state index contributed by atoms with van der Waals surface area (Å²) in [4.78, 5) is 0. The maximum atomic E-state index is 5.93. The summed E-state index contributed by atoms with van der Waals surface area (Å²) >= 11 is 17.6. The van der Waals surface area contributed by atoms with Crippen molar-refractivity contribution in [2.75, 3.05) is 6.61 Å². The highest BCUT2D eigenvalue weighted by Gasteiger charge is 2.22. The molecule has 0 unspecified atom stereocenters. The first-order valence-electron chi connectivity index (χ1n) is 7.30. The minimum absolute atomic E-state index is 0.421. The molecule has 20 heavy (non-hydrogen) atoms. The molecule has 1 saturated carbocycles. The van der Waals surface area contributed by atoms with Gasteiger partial charge in [0.2, 0.25) is 7.42 Å². The van der Waals surface area contributed by atoms with Crippen molar-refractivity contribution in [3.8, 4) is 0 Å². The largest absolute Gasteiger partial charge is 0.378 e. The van der Waals surface area contributed by atoms with Crippen molar-refractivity contribution < 1.29 is 4.74 Å². The van der Waals surface area contributed by atoms with Gasteiger partial charge in [0.15, 0.2) is 0 Å². The Hall–Kier alpha value is 0.267. The third kappa shape index (κ3) is 5.57. The van der Waals surface area contributed by atoms with Gasteiger partial charge in [-0.25, -0.2) is 0 Å². The molecule has 0 aromatic heterocycles. The molecule has 2 rings (SSSR count). The normalized spacial score (nSPS) is 23.2. The van der Waals surface area contributed by atoms with Crippen molar-refractivity contribution in [2.24, 2.45) is 0 Å². The molecule has 0 N–H and O–H groups in total. The third-order valence-corrected chi connectivity index (χ3v) is 6.34. The lowest BCUT2D eigenvalue weighted by Crippen LogP contribution is -2.21. The molecular formula is C15H21Cl3OSi. The zero-order valence-corrected chi connectivity index (χ0v) is 15.0. The molecule has 0 amide bonds. The van der Waals surface area contributed by atoms with E-state index in [0.29, 0.717) is 12.0 Å². The standard InChI is InChI=1S/C15H21Cl3OSi/c16-14-6-2-12(3-7-14)13-4-8-15(9-5-13)19-10-1-11-20(17)18/h2-3,6-7,13,15,20H,1,4-5,8-11H2/t13-,15-. The summed E-state index contributed by atoms with van der Waals surface area (Å²) in [5.41, 5.74) is 1.41. The highest BCUT2D eigenvalue weighted by molar-refractivity contribution is 7.33. The Morgan fingerprint density at radius 3 is 2.30 bits per heavy atom. The lowest BCUT2D eigenvalue weighted by molar-refractivity contribution is 0.0251. The fraction of sp³-hybridized carbons (Fsp3) is 0.600. The van der Waals surface area contributed by atoms with E-state index in [1.54, 1.807) is 0 Å². The molecular weight excluding hydrogens is 331 g/mol. The van der Waals surface area contributed by atoms with Crippen LogP contribution in [-0.4, -0.2) is 20.1 Å². The van der Waals surface area contributed by atoms with Gasteiger partial charge in [-0.05, 0) is 61.8 Å². The van der Waals surface area contributed by atoms with Gasteiger partial charge in [-0.1, -0.05) is 23.7 Å². The van der Waals surface area contributed by atoms with Crippen LogP contribution in [0.15, 0.2) is 24.3 Å². The first-order valence-corrected chi connectivity index (χ1v) is 12.0. The van der Waals surface area contributed by atoms with E-state index in [2.05, 4.69) is 12.1 Å². The lowest BCUT2D eigenvalue weighted by atomic mass is 9.83. The van der Waals surface area contributed by atoms with Gasteiger partial charge in [-0.2, -0.15) is 22.2 Å². The quantitative estimate of drug-likeness (QED) is 0.375.